The van der Waals surface area contributed by atoms with Crippen molar-refractivity contribution in [3.8, 4) is 0 Å². The van der Waals surface area contributed by atoms with Crippen molar-refractivity contribution >= 4 is 60.8 Å². The first-order valence-corrected chi connectivity index (χ1v) is 10.0. The Kier molecular flexibility index (Phi) is 7.97. The zero-order valence-corrected chi connectivity index (χ0v) is 18.2. The summed E-state index contributed by atoms with van der Waals surface area (Å²) in [5.74, 6) is -1.62. The first kappa shape index (κ1) is 22.6. The first-order valence-electron chi connectivity index (χ1n) is 8.44. The van der Waals surface area contributed by atoms with Gasteiger partial charge in [-0.05, 0) is 68.1 Å². The molecule has 5 N–H and O–H groups in total. The summed E-state index contributed by atoms with van der Waals surface area (Å²) in [4.78, 5) is 33.4. The second kappa shape index (κ2) is 10.2. The van der Waals surface area contributed by atoms with Crippen molar-refractivity contribution < 1.29 is 19.6 Å². The van der Waals surface area contributed by atoms with Gasteiger partial charge in [0.15, 0.2) is 0 Å². The molecule has 154 valence electrons. The standard InChI is InChI=1S/C18H18Br2N4O5/c19-12-7-10(8-13(20)17(12)21)3-5-22-14-2-1-11(9-15(14)24(28)29)18(27)23-6-4-16(25)26/h1-2,7-9,22H,3-6,21H2,(H,23,27)(H,25,26). The second-order valence-corrected chi connectivity index (χ2v) is 7.75. The number of hydrogen-bond acceptors (Lipinski definition) is 6. The molecule has 2 aromatic rings. The number of amides is 1. The molecule has 0 saturated carbocycles. The number of carboxylic acid groups (broad SMARTS) is 1. The lowest BCUT2D eigenvalue weighted by Crippen LogP contribution is -2.26. The number of nitrogens with one attached hydrogen (secondary N) is 2. The Labute approximate surface area is 183 Å². The van der Waals surface area contributed by atoms with Crippen LogP contribution in [0.5, 0.6) is 0 Å². The van der Waals surface area contributed by atoms with Crippen LogP contribution in [0.2, 0.25) is 0 Å². The van der Waals surface area contributed by atoms with Crippen LogP contribution in [-0.2, 0) is 11.2 Å². The number of nitrogens with two attached hydrogens (primary N) is 1. The van der Waals surface area contributed by atoms with E-state index in [0.29, 0.717) is 18.7 Å². The molecule has 0 atom stereocenters. The van der Waals surface area contributed by atoms with E-state index >= 15 is 0 Å². The lowest BCUT2D eigenvalue weighted by molar-refractivity contribution is -0.384. The van der Waals surface area contributed by atoms with Gasteiger partial charge in [-0.2, -0.15) is 0 Å². The third-order valence-electron chi connectivity index (χ3n) is 3.95. The summed E-state index contributed by atoms with van der Waals surface area (Å²) < 4.78 is 1.51. The Morgan fingerprint density at radius 2 is 1.79 bits per heavy atom. The van der Waals surface area contributed by atoms with Gasteiger partial charge in [0.2, 0.25) is 0 Å². The van der Waals surface area contributed by atoms with Crippen LogP contribution >= 0.6 is 31.9 Å². The number of benzene rings is 2. The lowest BCUT2D eigenvalue weighted by Gasteiger charge is -2.10. The number of nitro groups is 1. The second-order valence-electron chi connectivity index (χ2n) is 6.04. The minimum Gasteiger partial charge on any atom is -0.481 e. The van der Waals surface area contributed by atoms with Gasteiger partial charge >= 0.3 is 5.97 Å². The number of anilines is 2. The predicted octanol–water partition coefficient (Wildman–Crippen LogP) is 3.56. The lowest BCUT2D eigenvalue weighted by atomic mass is 10.1. The maximum atomic E-state index is 12.0. The molecule has 0 aliphatic carbocycles. The molecule has 0 heterocycles. The van der Waals surface area contributed by atoms with Crippen molar-refractivity contribution in [2.24, 2.45) is 0 Å². The molecule has 0 saturated heterocycles. The summed E-state index contributed by atoms with van der Waals surface area (Å²) in [6, 6.07) is 7.82. The van der Waals surface area contributed by atoms with Gasteiger partial charge in [0, 0.05) is 33.7 Å². The molecule has 0 aliphatic rings. The van der Waals surface area contributed by atoms with E-state index in [2.05, 4.69) is 42.5 Å². The highest BCUT2D eigenvalue weighted by atomic mass is 79.9. The molecule has 29 heavy (non-hydrogen) atoms. The van der Waals surface area contributed by atoms with E-state index in [1.165, 1.54) is 12.1 Å². The minimum absolute atomic E-state index is 0.0608. The SMILES string of the molecule is Nc1c(Br)cc(CCNc2ccc(C(=O)NCCC(=O)O)cc2[N+](=O)[O-])cc1Br. The van der Waals surface area contributed by atoms with Crippen molar-refractivity contribution in [1.82, 2.24) is 5.32 Å². The van der Waals surface area contributed by atoms with Crippen LogP contribution in [0.25, 0.3) is 0 Å². The van der Waals surface area contributed by atoms with E-state index in [4.69, 9.17) is 10.8 Å². The Morgan fingerprint density at radius 3 is 2.38 bits per heavy atom. The van der Waals surface area contributed by atoms with E-state index in [1.807, 2.05) is 12.1 Å². The normalized spacial score (nSPS) is 10.4. The fourth-order valence-electron chi connectivity index (χ4n) is 2.48. The quantitative estimate of drug-likeness (QED) is 0.220. The largest absolute Gasteiger partial charge is 0.481 e. The van der Waals surface area contributed by atoms with Crippen LogP contribution in [0.4, 0.5) is 17.1 Å². The highest BCUT2D eigenvalue weighted by molar-refractivity contribution is 9.11. The monoisotopic (exact) mass is 528 g/mol. The number of carbonyl (C=O) groups is 2. The first-order chi connectivity index (χ1) is 13.7. The highest BCUT2D eigenvalue weighted by Crippen LogP contribution is 2.30. The number of nitro benzene ring substituents is 1. The van der Waals surface area contributed by atoms with E-state index in [-0.39, 0.29) is 29.9 Å². The van der Waals surface area contributed by atoms with Crippen molar-refractivity contribution in [2.45, 2.75) is 12.8 Å². The van der Waals surface area contributed by atoms with Crippen LogP contribution in [0, 0.1) is 10.1 Å². The van der Waals surface area contributed by atoms with E-state index < -0.39 is 16.8 Å². The number of halogens is 2. The number of rotatable bonds is 9. The number of carboxylic acids is 1. The number of carbonyl (C=O) groups excluding carboxylic acids is 1. The Morgan fingerprint density at radius 1 is 1.14 bits per heavy atom. The third-order valence-corrected chi connectivity index (χ3v) is 5.26. The molecule has 2 aromatic carbocycles. The zero-order valence-electron chi connectivity index (χ0n) is 15.1. The fraction of sp³-hybridized carbons (Fsp3) is 0.222. The zero-order chi connectivity index (χ0) is 21.6. The van der Waals surface area contributed by atoms with Gasteiger partial charge in [-0.25, -0.2) is 0 Å². The average molecular weight is 530 g/mol. The predicted molar refractivity (Wildman–Crippen MR) is 116 cm³/mol. The van der Waals surface area contributed by atoms with E-state index in [9.17, 15) is 19.7 Å². The molecular formula is C18H18Br2N4O5. The third kappa shape index (κ3) is 6.43. The molecule has 0 radical (unpaired) electrons. The molecule has 0 fully saturated rings. The topological polar surface area (TPSA) is 148 Å². The van der Waals surface area contributed by atoms with Gasteiger partial charge < -0.3 is 21.5 Å². The van der Waals surface area contributed by atoms with Crippen LogP contribution in [0.1, 0.15) is 22.3 Å². The molecular weight excluding hydrogens is 512 g/mol. The van der Waals surface area contributed by atoms with Crippen molar-refractivity contribution in [2.75, 3.05) is 24.1 Å². The van der Waals surface area contributed by atoms with Gasteiger partial charge in [0.1, 0.15) is 5.69 Å². The summed E-state index contributed by atoms with van der Waals surface area (Å²) in [5, 5.41) is 25.4. The summed E-state index contributed by atoms with van der Waals surface area (Å²) >= 11 is 6.75. The van der Waals surface area contributed by atoms with E-state index in [1.54, 1.807) is 0 Å². The van der Waals surface area contributed by atoms with Gasteiger partial charge in [-0.3, -0.25) is 19.7 Å². The average Bonchev–Trinajstić information content (AvgIpc) is 2.65. The smallest absolute Gasteiger partial charge is 0.305 e. The molecule has 0 bridgehead atoms. The summed E-state index contributed by atoms with van der Waals surface area (Å²) in [7, 11) is 0. The highest BCUT2D eigenvalue weighted by Gasteiger charge is 2.17. The molecule has 9 nitrogen and oxygen atoms in total. The summed E-state index contributed by atoms with van der Waals surface area (Å²) in [6.45, 7) is 0.364. The molecule has 2 rings (SSSR count). The van der Waals surface area contributed by atoms with Crippen LogP contribution in [0.3, 0.4) is 0 Å². The van der Waals surface area contributed by atoms with Crippen LogP contribution < -0.4 is 16.4 Å². The van der Waals surface area contributed by atoms with E-state index in [0.717, 1.165) is 20.6 Å². The van der Waals surface area contributed by atoms with Gasteiger partial charge in [0.05, 0.1) is 17.0 Å². The van der Waals surface area contributed by atoms with Crippen molar-refractivity contribution in [3.63, 3.8) is 0 Å². The summed E-state index contributed by atoms with van der Waals surface area (Å²) in [5.41, 5.74) is 7.55. The van der Waals surface area contributed by atoms with Gasteiger partial charge in [0.25, 0.3) is 11.6 Å². The van der Waals surface area contributed by atoms with Crippen molar-refractivity contribution in [1.29, 1.82) is 0 Å². The molecule has 0 aliphatic heterocycles. The van der Waals surface area contributed by atoms with Crippen molar-refractivity contribution in [3.05, 3.63) is 60.5 Å². The summed E-state index contributed by atoms with van der Waals surface area (Å²) in [6.07, 6.45) is 0.358. The minimum atomic E-state index is -1.05. The maximum Gasteiger partial charge on any atom is 0.305 e. The Balaban J connectivity index is 2.06. The molecule has 0 unspecified atom stereocenters. The number of nitrogens with zero attached hydrogens (tertiary/aromatic N) is 1. The van der Waals surface area contributed by atoms with Gasteiger partial charge in [-0.15, -0.1) is 0 Å². The van der Waals surface area contributed by atoms with Gasteiger partial charge in [-0.1, -0.05) is 0 Å². The van der Waals surface area contributed by atoms with Crippen LogP contribution in [-0.4, -0.2) is 35.0 Å². The fourth-order valence-corrected chi connectivity index (χ4v) is 3.76. The molecule has 1 amide bonds. The Bertz CT molecular complexity index is 929. The number of aliphatic carboxylic acids is 1. The molecule has 0 spiro atoms. The van der Waals surface area contributed by atoms with Crippen LogP contribution in [0.15, 0.2) is 39.3 Å². The maximum absolute atomic E-state index is 12.0. The Hall–Kier alpha value is -2.66. The molecule has 0 aromatic heterocycles. The number of hydrogen-bond donors (Lipinski definition) is 4. The molecule has 11 heteroatoms. The number of nitrogen functional groups attached to an aromatic ring is 1.